The SMILES string of the molecule is CS(=O)(=O)N1CCCc2cc(C(=O)NCc3ccccc3CN3CCCCC3)ccc21. The molecular formula is C24H31N3O3S. The highest BCUT2D eigenvalue weighted by atomic mass is 32.2. The number of likely N-dealkylation sites (tertiary alicyclic amines) is 1. The highest BCUT2D eigenvalue weighted by molar-refractivity contribution is 7.92. The predicted molar refractivity (Wildman–Crippen MR) is 124 cm³/mol. The molecule has 2 aliphatic rings. The van der Waals surface area contributed by atoms with Crippen LogP contribution in [0.25, 0.3) is 0 Å². The summed E-state index contributed by atoms with van der Waals surface area (Å²) in [6, 6.07) is 13.6. The van der Waals surface area contributed by atoms with Gasteiger partial charge >= 0.3 is 0 Å². The van der Waals surface area contributed by atoms with Crippen LogP contribution in [0.15, 0.2) is 42.5 Å². The Morgan fingerprint density at radius 1 is 0.968 bits per heavy atom. The third-order valence-corrected chi connectivity index (χ3v) is 7.40. The monoisotopic (exact) mass is 441 g/mol. The molecule has 2 aliphatic heterocycles. The molecule has 0 bridgehead atoms. The van der Waals surface area contributed by atoms with Gasteiger partial charge in [0, 0.05) is 25.2 Å². The maximum Gasteiger partial charge on any atom is 0.251 e. The first-order valence-corrected chi connectivity index (χ1v) is 12.9. The minimum absolute atomic E-state index is 0.132. The van der Waals surface area contributed by atoms with Crippen LogP contribution in [0.2, 0.25) is 0 Å². The molecule has 1 saturated heterocycles. The number of fused-ring (bicyclic) bond motifs is 1. The molecule has 0 spiro atoms. The third kappa shape index (κ3) is 5.28. The summed E-state index contributed by atoms with van der Waals surface area (Å²) in [6.07, 6.45) is 6.60. The van der Waals surface area contributed by atoms with E-state index < -0.39 is 10.0 Å². The van der Waals surface area contributed by atoms with Crippen molar-refractivity contribution in [1.29, 1.82) is 0 Å². The molecule has 1 N–H and O–H groups in total. The summed E-state index contributed by atoms with van der Waals surface area (Å²) in [5, 5.41) is 3.05. The molecule has 0 aromatic heterocycles. The van der Waals surface area contributed by atoms with Crippen molar-refractivity contribution in [2.24, 2.45) is 0 Å². The van der Waals surface area contributed by atoms with E-state index in [1.165, 1.54) is 35.4 Å². The Morgan fingerprint density at radius 2 is 1.71 bits per heavy atom. The quantitative estimate of drug-likeness (QED) is 0.747. The van der Waals surface area contributed by atoms with Crippen LogP contribution in [0.4, 0.5) is 5.69 Å². The second kappa shape index (κ2) is 9.40. The van der Waals surface area contributed by atoms with Crippen LogP contribution in [0, 0.1) is 0 Å². The van der Waals surface area contributed by atoms with E-state index in [2.05, 4.69) is 28.4 Å². The van der Waals surface area contributed by atoms with Crippen molar-refractivity contribution in [2.45, 2.75) is 45.2 Å². The molecule has 6 nitrogen and oxygen atoms in total. The smallest absolute Gasteiger partial charge is 0.251 e. The Bertz CT molecular complexity index is 1050. The number of anilines is 1. The number of aryl methyl sites for hydroxylation is 1. The number of nitrogens with zero attached hydrogens (tertiary/aromatic N) is 2. The first kappa shape index (κ1) is 21.8. The van der Waals surface area contributed by atoms with Crippen LogP contribution in [0.3, 0.4) is 0 Å². The molecule has 31 heavy (non-hydrogen) atoms. The number of piperidine rings is 1. The normalized spacial score (nSPS) is 17.3. The van der Waals surface area contributed by atoms with Gasteiger partial charge in [-0.2, -0.15) is 0 Å². The molecule has 0 atom stereocenters. The van der Waals surface area contributed by atoms with Crippen LogP contribution in [-0.4, -0.2) is 45.1 Å². The largest absolute Gasteiger partial charge is 0.348 e. The van der Waals surface area contributed by atoms with Crippen LogP contribution in [0.1, 0.15) is 52.7 Å². The number of benzene rings is 2. The molecule has 0 radical (unpaired) electrons. The van der Waals surface area contributed by atoms with E-state index in [9.17, 15) is 13.2 Å². The van der Waals surface area contributed by atoms with Crippen LogP contribution in [-0.2, 0) is 29.5 Å². The molecule has 4 rings (SSSR count). The van der Waals surface area contributed by atoms with Crippen molar-refractivity contribution in [2.75, 3.05) is 30.2 Å². The number of sulfonamides is 1. The number of hydrogen-bond donors (Lipinski definition) is 1. The van der Waals surface area contributed by atoms with Crippen molar-refractivity contribution in [1.82, 2.24) is 10.2 Å². The van der Waals surface area contributed by atoms with Gasteiger partial charge in [0.25, 0.3) is 5.91 Å². The first-order chi connectivity index (χ1) is 14.9. The van der Waals surface area contributed by atoms with Gasteiger partial charge in [0.05, 0.1) is 11.9 Å². The van der Waals surface area contributed by atoms with Crippen LogP contribution >= 0.6 is 0 Å². The zero-order valence-corrected chi connectivity index (χ0v) is 19.0. The highest BCUT2D eigenvalue weighted by Gasteiger charge is 2.24. The molecule has 0 unspecified atom stereocenters. The van der Waals surface area contributed by atoms with Crippen molar-refractivity contribution >= 4 is 21.6 Å². The number of nitrogens with one attached hydrogen (secondary N) is 1. The minimum atomic E-state index is -3.31. The number of rotatable bonds is 6. The summed E-state index contributed by atoms with van der Waals surface area (Å²) in [6.45, 7) is 4.17. The van der Waals surface area contributed by atoms with Crippen molar-refractivity contribution in [3.8, 4) is 0 Å². The van der Waals surface area contributed by atoms with Crippen LogP contribution < -0.4 is 9.62 Å². The fourth-order valence-electron chi connectivity index (χ4n) is 4.57. The summed E-state index contributed by atoms with van der Waals surface area (Å²) in [5.74, 6) is -0.132. The van der Waals surface area contributed by atoms with Gasteiger partial charge < -0.3 is 5.32 Å². The van der Waals surface area contributed by atoms with Gasteiger partial charge in [0.1, 0.15) is 0 Å². The van der Waals surface area contributed by atoms with Gasteiger partial charge in [-0.3, -0.25) is 14.0 Å². The van der Waals surface area contributed by atoms with Gasteiger partial charge in [-0.05, 0) is 73.7 Å². The third-order valence-electron chi connectivity index (χ3n) is 6.22. The van der Waals surface area contributed by atoms with E-state index in [0.29, 0.717) is 24.3 Å². The number of hydrogen-bond acceptors (Lipinski definition) is 4. The van der Waals surface area contributed by atoms with Crippen molar-refractivity contribution < 1.29 is 13.2 Å². The Hall–Kier alpha value is -2.38. The number of carbonyl (C=O) groups excluding carboxylic acids is 1. The van der Waals surface area contributed by atoms with E-state index in [1.54, 1.807) is 12.1 Å². The minimum Gasteiger partial charge on any atom is -0.348 e. The summed E-state index contributed by atoms with van der Waals surface area (Å²) >= 11 is 0. The first-order valence-electron chi connectivity index (χ1n) is 11.1. The van der Waals surface area contributed by atoms with E-state index in [1.807, 2.05) is 12.1 Å². The van der Waals surface area contributed by atoms with Crippen molar-refractivity contribution in [3.63, 3.8) is 0 Å². The maximum atomic E-state index is 12.8. The molecule has 0 saturated carbocycles. The topological polar surface area (TPSA) is 69.7 Å². The highest BCUT2D eigenvalue weighted by Crippen LogP contribution is 2.30. The Labute approximate surface area is 185 Å². The predicted octanol–water partition coefficient (Wildman–Crippen LogP) is 3.31. The van der Waals surface area contributed by atoms with E-state index in [4.69, 9.17) is 0 Å². The Kier molecular flexibility index (Phi) is 6.62. The molecule has 2 heterocycles. The number of carbonyl (C=O) groups is 1. The molecular weight excluding hydrogens is 410 g/mol. The summed E-state index contributed by atoms with van der Waals surface area (Å²) in [5.41, 5.74) is 4.58. The fourth-order valence-corrected chi connectivity index (χ4v) is 5.56. The van der Waals surface area contributed by atoms with Gasteiger partial charge in [0.2, 0.25) is 10.0 Å². The fraction of sp³-hybridized carbons (Fsp3) is 0.458. The lowest BCUT2D eigenvalue weighted by Crippen LogP contribution is -2.34. The van der Waals surface area contributed by atoms with Gasteiger partial charge in [-0.1, -0.05) is 30.7 Å². The van der Waals surface area contributed by atoms with Crippen molar-refractivity contribution in [3.05, 3.63) is 64.7 Å². The zero-order valence-electron chi connectivity index (χ0n) is 18.1. The average Bonchev–Trinajstić information content (AvgIpc) is 2.77. The lowest BCUT2D eigenvalue weighted by atomic mass is 10.0. The molecule has 1 fully saturated rings. The molecule has 166 valence electrons. The summed E-state index contributed by atoms with van der Waals surface area (Å²) in [4.78, 5) is 15.3. The lowest BCUT2D eigenvalue weighted by Gasteiger charge is -2.29. The van der Waals surface area contributed by atoms with Gasteiger partial charge in [-0.25, -0.2) is 8.42 Å². The average molecular weight is 442 g/mol. The molecule has 1 amide bonds. The molecule has 2 aromatic rings. The molecule has 0 aliphatic carbocycles. The Balaban J connectivity index is 1.44. The van der Waals surface area contributed by atoms with E-state index >= 15 is 0 Å². The number of amides is 1. The molecule has 2 aromatic carbocycles. The van der Waals surface area contributed by atoms with E-state index in [0.717, 1.165) is 43.6 Å². The van der Waals surface area contributed by atoms with Gasteiger partial charge in [0.15, 0.2) is 0 Å². The van der Waals surface area contributed by atoms with Gasteiger partial charge in [-0.15, -0.1) is 0 Å². The Morgan fingerprint density at radius 3 is 2.45 bits per heavy atom. The summed E-state index contributed by atoms with van der Waals surface area (Å²) < 4.78 is 25.5. The maximum absolute atomic E-state index is 12.8. The van der Waals surface area contributed by atoms with E-state index in [-0.39, 0.29) is 5.91 Å². The standard InChI is InChI=1S/C24H31N3O3S/c1-31(29,30)27-15-7-10-19-16-20(11-12-23(19)27)24(28)25-17-21-8-3-4-9-22(21)18-26-13-5-2-6-14-26/h3-4,8-9,11-12,16H,2,5-7,10,13-15,17-18H2,1H3,(H,25,28). The molecule has 7 heteroatoms. The second-order valence-electron chi connectivity index (χ2n) is 8.57. The second-order valence-corrected chi connectivity index (χ2v) is 10.5. The zero-order chi connectivity index (χ0) is 21.8. The lowest BCUT2D eigenvalue weighted by molar-refractivity contribution is 0.0950. The van der Waals surface area contributed by atoms with Crippen LogP contribution in [0.5, 0.6) is 0 Å². The summed E-state index contributed by atoms with van der Waals surface area (Å²) in [7, 11) is -3.31.